The molecule has 138 valence electrons. The first-order valence-electron chi connectivity index (χ1n) is 7.54. The van der Waals surface area contributed by atoms with Crippen LogP contribution in [0.3, 0.4) is 0 Å². The van der Waals surface area contributed by atoms with Crippen molar-refractivity contribution >= 4 is 23.1 Å². The maximum Gasteiger partial charge on any atom is 0.387 e. The van der Waals surface area contributed by atoms with Gasteiger partial charge in [-0.2, -0.15) is 25.1 Å². The molecule has 0 fully saturated rings. The van der Waals surface area contributed by atoms with Crippen LogP contribution in [0.25, 0.3) is 22.8 Å². The van der Waals surface area contributed by atoms with Crippen LogP contribution in [0.4, 0.5) is 8.78 Å². The Morgan fingerprint density at radius 3 is 2.70 bits per heavy atom. The van der Waals surface area contributed by atoms with Gasteiger partial charge in [0.25, 0.3) is 5.22 Å². The fourth-order valence-corrected chi connectivity index (χ4v) is 3.34. The Morgan fingerprint density at radius 1 is 1.11 bits per heavy atom. The van der Waals surface area contributed by atoms with E-state index >= 15 is 0 Å². The van der Waals surface area contributed by atoms with E-state index < -0.39 is 6.61 Å². The second kappa shape index (κ2) is 7.84. The molecule has 1 aromatic carbocycles. The summed E-state index contributed by atoms with van der Waals surface area (Å²) in [5.74, 6) is 1.67. The van der Waals surface area contributed by atoms with E-state index in [1.54, 1.807) is 23.5 Å². The highest BCUT2D eigenvalue weighted by molar-refractivity contribution is 7.98. The standard InChI is InChI=1S/C16H10F2N4O3S2/c17-15(18)23-11-3-1-9(2-4-11)14-20-21-16(24-14)27-8-12-19-13(22-25-12)10-5-6-26-7-10/h1-7,15H,8H2. The van der Waals surface area contributed by atoms with Crippen LogP contribution in [0.1, 0.15) is 5.89 Å². The van der Waals surface area contributed by atoms with Crippen molar-refractivity contribution in [2.45, 2.75) is 17.6 Å². The van der Waals surface area contributed by atoms with Crippen molar-refractivity contribution in [3.8, 4) is 28.6 Å². The lowest BCUT2D eigenvalue weighted by Gasteiger charge is -2.03. The predicted octanol–water partition coefficient (Wildman–Crippen LogP) is 4.74. The smallest absolute Gasteiger partial charge is 0.387 e. The highest BCUT2D eigenvalue weighted by Crippen LogP contribution is 2.27. The summed E-state index contributed by atoms with van der Waals surface area (Å²) in [5, 5.41) is 16.0. The summed E-state index contributed by atoms with van der Waals surface area (Å²) in [6.07, 6.45) is 0. The van der Waals surface area contributed by atoms with Gasteiger partial charge in [0.05, 0.1) is 5.75 Å². The molecule has 0 amide bonds. The SMILES string of the molecule is FC(F)Oc1ccc(-c2nnc(SCc3nc(-c4ccsc4)no3)o2)cc1. The molecule has 0 aliphatic rings. The van der Waals surface area contributed by atoms with Crippen molar-refractivity contribution in [2.24, 2.45) is 0 Å². The van der Waals surface area contributed by atoms with Crippen LogP contribution in [-0.2, 0) is 5.75 Å². The van der Waals surface area contributed by atoms with Gasteiger partial charge >= 0.3 is 6.61 Å². The van der Waals surface area contributed by atoms with Crippen LogP contribution in [0.2, 0.25) is 0 Å². The number of thiophene rings is 1. The first-order valence-corrected chi connectivity index (χ1v) is 9.47. The Hall–Kier alpha value is -2.79. The molecule has 0 atom stereocenters. The third kappa shape index (κ3) is 4.31. The van der Waals surface area contributed by atoms with E-state index in [-0.39, 0.29) is 11.6 Å². The van der Waals surface area contributed by atoms with E-state index in [1.165, 1.54) is 23.9 Å². The lowest BCUT2D eigenvalue weighted by molar-refractivity contribution is -0.0498. The van der Waals surface area contributed by atoms with Gasteiger partial charge in [0, 0.05) is 16.5 Å². The molecule has 0 saturated heterocycles. The number of hydrogen-bond donors (Lipinski definition) is 0. The molecule has 0 bridgehead atoms. The lowest BCUT2D eigenvalue weighted by atomic mass is 10.2. The molecule has 0 N–H and O–H groups in total. The van der Waals surface area contributed by atoms with Gasteiger partial charge in [0.2, 0.25) is 17.6 Å². The fraction of sp³-hybridized carbons (Fsp3) is 0.125. The number of rotatable bonds is 7. The van der Waals surface area contributed by atoms with Crippen LogP contribution in [0, 0.1) is 0 Å². The number of halogens is 2. The van der Waals surface area contributed by atoms with Gasteiger partial charge in [-0.3, -0.25) is 0 Å². The summed E-state index contributed by atoms with van der Waals surface area (Å²) in [6.45, 7) is -2.87. The van der Waals surface area contributed by atoms with E-state index in [1.807, 2.05) is 16.8 Å². The lowest BCUT2D eigenvalue weighted by Crippen LogP contribution is -2.01. The second-order valence-corrected chi connectivity index (χ2v) is 6.80. The van der Waals surface area contributed by atoms with Gasteiger partial charge in [-0.05, 0) is 35.7 Å². The topological polar surface area (TPSA) is 87.1 Å². The first-order chi connectivity index (χ1) is 13.2. The number of nitrogens with zero attached hydrogens (tertiary/aromatic N) is 4. The Bertz CT molecular complexity index is 1000. The van der Waals surface area contributed by atoms with E-state index in [0.717, 1.165) is 5.56 Å². The summed E-state index contributed by atoms with van der Waals surface area (Å²) in [4.78, 5) is 4.31. The molecule has 7 nitrogen and oxygen atoms in total. The molecule has 0 aliphatic carbocycles. The molecule has 0 aliphatic heterocycles. The van der Waals surface area contributed by atoms with Gasteiger partial charge in [-0.15, -0.1) is 10.2 Å². The number of ether oxygens (including phenoxy) is 1. The monoisotopic (exact) mass is 408 g/mol. The maximum absolute atomic E-state index is 12.2. The van der Waals surface area contributed by atoms with E-state index in [4.69, 9.17) is 8.94 Å². The number of thioether (sulfide) groups is 1. The zero-order valence-corrected chi connectivity index (χ0v) is 15.0. The highest BCUT2D eigenvalue weighted by Gasteiger charge is 2.13. The zero-order chi connectivity index (χ0) is 18.6. The highest BCUT2D eigenvalue weighted by atomic mass is 32.2. The predicted molar refractivity (Wildman–Crippen MR) is 93.5 cm³/mol. The van der Waals surface area contributed by atoms with Crippen molar-refractivity contribution in [1.29, 1.82) is 0 Å². The van der Waals surface area contributed by atoms with Crippen molar-refractivity contribution in [1.82, 2.24) is 20.3 Å². The van der Waals surface area contributed by atoms with Gasteiger partial charge in [-0.25, -0.2) is 0 Å². The minimum Gasteiger partial charge on any atom is -0.435 e. The van der Waals surface area contributed by atoms with Crippen molar-refractivity contribution in [2.75, 3.05) is 0 Å². The van der Waals surface area contributed by atoms with Crippen LogP contribution in [-0.4, -0.2) is 26.9 Å². The average Bonchev–Trinajstić information content (AvgIpc) is 3.40. The van der Waals surface area contributed by atoms with Crippen LogP contribution in [0.5, 0.6) is 5.75 Å². The fourth-order valence-electron chi connectivity index (χ4n) is 2.11. The zero-order valence-electron chi connectivity index (χ0n) is 13.4. The number of benzene rings is 1. The molecule has 0 radical (unpaired) electrons. The van der Waals surface area contributed by atoms with Crippen LogP contribution < -0.4 is 4.74 Å². The maximum atomic E-state index is 12.2. The molecule has 3 heterocycles. The number of aromatic nitrogens is 4. The van der Waals surface area contributed by atoms with Crippen molar-refractivity contribution in [3.63, 3.8) is 0 Å². The molecular weight excluding hydrogens is 398 g/mol. The van der Waals surface area contributed by atoms with E-state index in [0.29, 0.717) is 28.3 Å². The molecule has 4 rings (SSSR count). The van der Waals surface area contributed by atoms with Crippen LogP contribution in [0.15, 0.2) is 55.3 Å². The largest absolute Gasteiger partial charge is 0.435 e. The molecule has 0 spiro atoms. The summed E-state index contributed by atoms with van der Waals surface area (Å²) in [7, 11) is 0. The summed E-state index contributed by atoms with van der Waals surface area (Å²) >= 11 is 2.81. The Morgan fingerprint density at radius 2 is 1.96 bits per heavy atom. The third-order valence-corrected chi connectivity index (χ3v) is 4.79. The summed E-state index contributed by atoms with van der Waals surface area (Å²) in [5.41, 5.74) is 1.49. The molecule has 3 aromatic heterocycles. The van der Waals surface area contributed by atoms with Crippen LogP contribution >= 0.6 is 23.1 Å². The minimum atomic E-state index is -2.87. The Labute approximate surface area is 159 Å². The van der Waals surface area contributed by atoms with E-state index in [9.17, 15) is 8.78 Å². The van der Waals surface area contributed by atoms with Gasteiger partial charge in [0.15, 0.2) is 0 Å². The Balaban J connectivity index is 1.38. The molecule has 0 unspecified atom stereocenters. The van der Waals surface area contributed by atoms with Gasteiger partial charge in [0.1, 0.15) is 5.75 Å². The summed E-state index contributed by atoms with van der Waals surface area (Å²) < 4.78 is 39.4. The minimum absolute atomic E-state index is 0.0562. The second-order valence-electron chi connectivity index (χ2n) is 5.09. The summed E-state index contributed by atoms with van der Waals surface area (Å²) in [6, 6.07) is 7.84. The molecule has 11 heteroatoms. The van der Waals surface area contributed by atoms with Crippen molar-refractivity contribution in [3.05, 3.63) is 47.0 Å². The van der Waals surface area contributed by atoms with Crippen molar-refractivity contribution < 1.29 is 22.5 Å². The third-order valence-electron chi connectivity index (χ3n) is 3.30. The van der Waals surface area contributed by atoms with Gasteiger partial charge < -0.3 is 13.7 Å². The molecule has 0 saturated carbocycles. The normalized spacial score (nSPS) is 11.2. The Kier molecular flexibility index (Phi) is 5.12. The number of alkyl halides is 2. The molecule has 27 heavy (non-hydrogen) atoms. The number of hydrogen-bond acceptors (Lipinski definition) is 9. The average molecular weight is 408 g/mol. The van der Waals surface area contributed by atoms with Gasteiger partial charge in [-0.1, -0.05) is 16.9 Å². The molecule has 4 aromatic rings. The first kappa shape index (κ1) is 17.6. The molecular formula is C16H10F2N4O3S2. The quantitative estimate of drug-likeness (QED) is 0.405. The van der Waals surface area contributed by atoms with E-state index in [2.05, 4.69) is 25.1 Å².